The van der Waals surface area contributed by atoms with Crippen molar-refractivity contribution < 1.29 is 0 Å². The van der Waals surface area contributed by atoms with E-state index in [0.29, 0.717) is 0 Å². The van der Waals surface area contributed by atoms with Gasteiger partial charge in [0.15, 0.2) is 0 Å². The van der Waals surface area contributed by atoms with Gasteiger partial charge < -0.3 is 0 Å². The smallest absolute Gasteiger partial charge is 0.0477 e. The van der Waals surface area contributed by atoms with Crippen LogP contribution in [0.3, 0.4) is 0 Å². The van der Waals surface area contributed by atoms with Crippen molar-refractivity contribution in [3.8, 4) is 0 Å². The van der Waals surface area contributed by atoms with Crippen LogP contribution in [-0.4, -0.2) is 0 Å². The number of hydrogen-bond acceptors (Lipinski definition) is 0. The van der Waals surface area contributed by atoms with E-state index in [2.05, 4.69) is 124 Å². The minimum absolute atomic E-state index is 1.02. The molecule has 0 amide bonds. The van der Waals surface area contributed by atoms with Crippen LogP contribution in [0.2, 0.25) is 0 Å². The van der Waals surface area contributed by atoms with Gasteiger partial charge in [0.2, 0.25) is 0 Å². The van der Waals surface area contributed by atoms with Crippen molar-refractivity contribution in [3.63, 3.8) is 0 Å². The molecule has 0 radical (unpaired) electrons. The molecule has 28 heavy (non-hydrogen) atoms. The Bertz CT molecular complexity index is 1600. The predicted octanol–water partition coefficient (Wildman–Crippen LogP) is 9.94. The second-order valence-corrected chi connectivity index (χ2v) is 10.2. The van der Waals surface area contributed by atoms with Crippen molar-refractivity contribution >= 4 is 118 Å². The molecule has 0 unspecified atom stereocenters. The van der Waals surface area contributed by atoms with Crippen LogP contribution in [0.5, 0.6) is 0 Å². The second-order valence-electron chi connectivity index (χ2n) is 7.05. The van der Waals surface area contributed by atoms with Crippen molar-refractivity contribution in [2.45, 2.75) is 0 Å². The summed E-state index contributed by atoms with van der Waals surface area (Å²) in [4.78, 5) is 0. The zero-order valence-corrected chi connectivity index (χ0v) is 20.6. The Kier molecular flexibility index (Phi) is 3.87. The fourth-order valence-corrected chi connectivity index (χ4v) is 7.05. The van der Waals surface area contributed by atoms with Gasteiger partial charge in [0.1, 0.15) is 0 Å². The van der Waals surface area contributed by atoms with Gasteiger partial charge in [-0.3, -0.25) is 0 Å². The lowest BCUT2D eigenvalue weighted by Gasteiger charge is -2.20. The molecule has 0 saturated heterocycles. The SMILES string of the molecule is Brc1c(Br)c(Br)c2c(c1Br)c1cccc3ccc4cc5ccccc5c2c4c31. The summed E-state index contributed by atoms with van der Waals surface area (Å²) in [6.45, 7) is 0. The minimum Gasteiger partial charge on any atom is -0.0616 e. The molecule has 0 saturated carbocycles. The summed E-state index contributed by atoms with van der Waals surface area (Å²) >= 11 is 15.3. The largest absolute Gasteiger partial charge is 0.0616 e. The Morgan fingerprint density at radius 1 is 0.393 bits per heavy atom. The summed E-state index contributed by atoms with van der Waals surface area (Å²) in [7, 11) is 0. The average molecular weight is 618 g/mol. The van der Waals surface area contributed by atoms with Gasteiger partial charge in [-0.25, -0.2) is 0 Å². The maximum Gasteiger partial charge on any atom is 0.0477 e. The first kappa shape index (κ1) is 17.6. The van der Waals surface area contributed by atoms with Crippen molar-refractivity contribution in [3.05, 3.63) is 78.6 Å². The highest BCUT2D eigenvalue weighted by molar-refractivity contribution is 9.15. The lowest BCUT2D eigenvalue weighted by molar-refractivity contribution is 1.59. The quantitative estimate of drug-likeness (QED) is 0.0689. The van der Waals surface area contributed by atoms with Crippen LogP contribution in [-0.2, 0) is 0 Å². The first-order chi connectivity index (χ1) is 13.6. The number of hydrogen-bond donors (Lipinski definition) is 0. The lowest BCUT2D eigenvalue weighted by Crippen LogP contribution is -1.92. The molecule has 134 valence electrons. The van der Waals surface area contributed by atoms with Gasteiger partial charge in [0.05, 0.1) is 0 Å². The molecule has 0 aliphatic rings. The van der Waals surface area contributed by atoms with Crippen LogP contribution in [0, 0.1) is 0 Å². The topological polar surface area (TPSA) is 0 Å². The third-order valence-corrected chi connectivity index (χ3v) is 10.4. The van der Waals surface area contributed by atoms with Crippen LogP contribution in [0.1, 0.15) is 0 Å². The Morgan fingerprint density at radius 3 is 1.86 bits per heavy atom. The Hall–Kier alpha value is -1.20. The van der Waals surface area contributed by atoms with Gasteiger partial charge in [-0.2, -0.15) is 0 Å². The molecule has 0 heterocycles. The highest BCUT2D eigenvalue weighted by Gasteiger charge is 2.22. The number of halogens is 4. The zero-order valence-electron chi connectivity index (χ0n) is 14.3. The van der Waals surface area contributed by atoms with Crippen molar-refractivity contribution in [1.82, 2.24) is 0 Å². The van der Waals surface area contributed by atoms with E-state index in [4.69, 9.17) is 0 Å². The first-order valence-corrected chi connectivity index (χ1v) is 12.0. The maximum absolute atomic E-state index is 3.90. The van der Waals surface area contributed by atoms with Crippen LogP contribution in [0.25, 0.3) is 53.9 Å². The van der Waals surface area contributed by atoms with E-state index in [1.165, 1.54) is 53.9 Å². The highest BCUT2D eigenvalue weighted by atomic mass is 79.9. The van der Waals surface area contributed by atoms with E-state index >= 15 is 0 Å². The van der Waals surface area contributed by atoms with Gasteiger partial charge in [-0.1, -0.05) is 54.6 Å². The first-order valence-electron chi connectivity index (χ1n) is 8.82. The molecule has 6 rings (SSSR count). The lowest BCUT2D eigenvalue weighted by atomic mass is 9.87. The minimum atomic E-state index is 1.02. The van der Waals surface area contributed by atoms with Gasteiger partial charge >= 0.3 is 0 Å². The Morgan fingerprint density at radius 2 is 1.04 bits per heavy atom. The van der Waals surface area contributed by atoms with E-state index < -0.39 is 0 Å². The molecule has 6 aromatic carbocycles. The van der Waals surface area contributed by atoms with Gasteiger partial charge in [0.25, 0.3) is 0 Å². The summed E-state index contributed by atoms with van der Waals surface area (Å²) in [5.74, 6) is 0. The maximum atomic E-state index is 3.90. The normalized spacial score (nSPS) is 12.3. The van der Waals surface area contributed by atoms with Crippen LogP contribution in [0.15, 0.2) is 78.6 Å². The van der Waals surface area contributed by atoms with Gasteiger partial charge in [-0.05, 0) is 113 Å². The number of benzene rings is 6. The molecule has 0 spiro atoms. The molecule has 0 fully saturated rings. The molecule has 4 heteroatoms. The van der Waals surface area contributed by atoms with E-state index in [9.17, 15) is 0 Å². The van der Waals surface area contributed by atoms with Gasteiger partial charge in [-0.15, -0.1) is 0 Å². The Labute approximate surface area is 194 Å². The molecule has 0 bridgehead atoms. The molecule has 0 aromatic heterocycles. The van der Waals surface area contributed by atoms with Crippen molar-refractivity contribution in [2.75, 3.05) is 0 Å². The van der Waals surface area contributed by atoms with E-state index in [-0.39, 0.29) is 0 Å². The number of fused-ring (bicyclic) bond motifs is 5. The fourth-order valence-electron chi connectivity index (χ4n) is 4.52. The summed E-state index contributed by atoms with van der Waals surface area (Å²) in [5.41, 5.74) is 0. The predicted molar refractivity (Wildman–Crippen MR) is 136 cm³/mol. The summed E-state index contributed by atoms with van der Waals surface area (Å²) in [5, 5.41) is 12.8. The molecular formula is C24H10Br4. The highest BCUT2D eigenvalue weighted by Crippen LogP contribution is 2.52. The Balaban J connectivity index is 2.16. The van der Waals surface area contributed by atoms with Crippen LogP contribution >= 0.6 is 63.7 Å². The molecule has 0 atom stereocenters. The van der Waals surface area contributed by atoms with E-state index in [1.807, 2.05) is 0 Å². The fraction of sp³-hybridized carbons (Fsp3) is 0. The second kappa shape index (κ2) is 6.15. The monoisotopic (exact) mass is 614 g/mol. The van der Waals surface area contributed by atoms with Crippen LogP contribution in [0.4, 0.5) is 0 Å². The number of rotatable bonds is 0. The third-order valence-electron chi connectivity index (χ3n) is 5.66. The average Bonchev–Trinajstić information content (AvgIpc) is 2.73. The summed E-state index contributed by atoms with van der Waals surface area (Å²) < 4.78 is 4.18. The van der Waals surface area contributed by atoms with Crippen molar-refractivity contribution in [2.24, 2.45) is 0 Å². The molecule has 6 aromatic rings. The molecule has 0 N–H and O–H groups in total. The van der Waals surface area contributed by atoms with Crippen molar-refractivity contribution in [1.29, 1.82) is 0 Å². The summed E-state index contributed by atoms with van der Waals surface area (Å²) in [6, 6.07) is 22.1. The molecule has 0 nitrogen and oxygen atoms in total. The molecule has 0 aliphatic heterocycles. The van der Waals surface area contributed by atoms with E-state index in [1.54, 1.807) is 0 Å². The molecular weight excluding hydrogens is 608 g/mol. The zero-order chi connectivity index (χ0) is 19.2. The molecule has 0 aliphatic carbocycles. The standard InChI is InChI=1S/C24H10Br4/c25-21-19-15-7-3-5-11-8-9-13-10-12-4-1-2-6-14(12)18(17(13)16(11)15)20(19)22(26)24(28)23(21)27/h1-10H. The third kappa shape index (κ3) is 2.15. The van der Waals surface area contributed by atoms with Crippen LogP contribution < -0.4 is 0 Å². The van der Waals surface area contributed by atoms with Gasteiger partial charge in [0, 0.05) is 28.7 Å². The van der Waals surface area contributed by atoms with E-state index in [0.717, 1.165) is 17.9 Å². The summed E-state index contributed by atoms with van der Waals surface area (Å²) in [6.07, 6.45) is 0.